The highest BCUT2D eigenvalue weighted by atomic mass is 35.5. The lowest BCUT2D eigenvalue weighted by Crippen LogP contribution is -2.48. The van der Waals surface area contributed by atoms with E-state index >= 15 is 0 Å². The fraction of sp³-hybridized carbons (Fsp3) is 0.333. The molecule has 3 aromatic carbocycles. The van der Waals surface area contributed by atoms with E-state index in [1.807, 2.05) is 21.4 Å². The molecule has 16 nitrogen and oxygen atoms in total. The van der Waals surface area contributed by atoms with Crippen LogP contribution in [0.15, 0.2) is 83.8 Å². The first kappa shape index (κ1) is 44.1. The maximum Gasteiger partial charge on any atom is 0.326 e. The molecule has 2 atom stereocenters. The van der Waals surface area contributed by atoms with Gasteiger partial charge in [0.05, 0.1) is 17.2 Å². The highest BCUT2D eigenvalue weighted by Crippen LogP contribution is 2.28. The Balaban J connectivity index is 1.31. The predicted molar refractivity (Wildman–Crippen MR) is 208 cm³/mol. The van der Waals surface area contributed by atoms with Gasteiger partial charge in [0.25, 0.3) is 15.9 Å². The molecule has 304 valence electrons. The number of benzene rings is 3. The second-order valence-electron chi connectivity index (χ2n) is 13.1. The van der Waals surface area contributed by atoms with Crippen LogP contribution in [0.4, 0.5) is 0 Å². The molecule has 1 heterocycles. The maximum absolute atomic E-state index is 13.4. The summed E-state index contributed by atoms with van der Waals surface area (Å²) in [5.41, 5.74) is 4.27. The zero-order chi connectivity index (χ0) is 41.5. The van der Waals surface area contributed by atoms with Crippen LogP contribution in [-0.2, 0) is 60.0 Å². The summed E-state index contributed by atoms with van der Waals surface area (Å²) >= 11 is 6.28. The molecule has 4 rings (SSSR count). The molecule has 0 aliphatic carbocycles. The second-order valence-corrected chi connectivity index (χ2v) is 15.1. The number of carboxylic acid groups (broad SMARTS) is 1. The van der Waals surface area contributed by atoms with Crippen LogP contribution in [0.3, 0.4) is 0 Å². The van der Waals surface area contributed by atoms with Gasteiger partial charge in [-0.25, -0.2) is 28.4 Å². The smallest absolute Gasteiger partial charge is 0.326 e. The van der Waals surface area contributed by atoms with Gasteiger partial charge in [0, 0.05) is 37.9 Å². The van der Waals surface area contributed by atoms with E-state index in [2.05, 4.69) is 22.5 Å². The Morgan fingerprint density at radius 2 is 1.56 bits per heavy atom. The normalized spacial score (nSPS) is 12.3. The summed E-state index contributed by atoms with van der Waals surface area (Å²) in [4.78, 5) is 66.4. The Labute approximate surface area is 334 Å². The molecule has 0 aliphatic heterocycles. The Hall–Kier alpha value is -5.62. The Morgan fingerprint density at radius 3 is 2.21 bits per heavy atom. The van der Waals surface area contributed by atoms with Gasteiger partial charge in [-0.1, -0.05) is 97.7 Å². The number of aryl methyl sites for hydroxylation is 1. The molecule has 18 heteroatoms. The minimum absolute atomic E-state index is 0.125. The van der Waals surface area contributed by atoms with Gasteiger partial charge in [-0.2, -0.15) is 0 Å². The summed E-state index contributed by atoms with van der Waals surface area (Å²) in [5, 5.41) is 33.6. The summed E-state index contributed by atoms with van der Waals surface area (Å²) in [6.45, 7) is 1.90. The summed E-state index contributed by atoms with van der Waals surface area (Å²) < 4.78 is 30.7. The number of nitrogens with one attached hydrogen (secondary N) is 4. The number of hydrogen-bond acceptors (Lipinski definition) is 10. The fourth-order valence-corrected chi connectivity index (χ4v) is 7.48. The van der Waals surface area contributed by atoms with E-state index in [4.69, 9.17) is 16.8 Å². The van der Waals surface area contributed by atoms with Crippen molar-refractivity contribution >= 4 is 51.2 Å². The van der Waals surface area contributed by atoms with Gasteiger partial charge in [0.15, 0.2) is 5.15 Å². The van der Waals surface area contributed by atoms with Crippen molar-refractivity contribution in [3.63, 3.8) is 0 Å². The van der Waals surface area contributed by atoms with E-state index < -0.39 is 64.4 Å². The number of aliphatic hydroxyl groups is 1. The van der Waals surface area contributed by atoms with Crippen molar-refractivity contribution < 1.29 is 47.8 Å². The lowest BCUT2D eigenvalue weighted by molar-refractivity contribution is -0.146. The van der Waals surface area contributed by atoms with Crippen LogP contribution in [0.25, 0.3) is 11.1 Å². The van der Waals surface area contributed by atoms with Gasteiger partial charge in [-0.3, -0.25) is 24.4 Å². The zero-order valence-electron chi connectivity index (χ0n) is 31.1. The lowest BCUT2D eigenvalue weighted by atomic mass is 9.97. The van der Waals surface area contributed by atoms with E-state index in [9.17, 15) is 42.6 Å². The molecule has 0 spiro atoms. The van der Waals surface area contributed by atoms with E-state index in [1.165, 1.54) is 17.6 Å². The third-order valence-corrected chi connectivity index (χ3v) is 10.7. The molecule has 4 aromatic rings. The average molecular weight is 825 g/mol. The molecule has 0 fully saturated rings. The number of hydroxylamine groups is 1. The summed E-state index contributed by atoms with van der Waals surface area (Å²) in [5.74, 6) is -5.75. The second kappa shape index (κ2) is 21.1. The van der Waals surface area contributed by atoms with Crippen molar-refractivity contribution in [2.45, 2.75) is 76.0 Å². The third kappa shape index (κ3) is 12.4. The Kier molecular flexibility index (Phi) is 16.3. The molecule has 0 aliphatic rings. The van der Waals surface area contributed by atoms with Crippen LogP contribution >= 0.6 is 11.6 Å². The molecule has 0 bridgehead atoms. The van der Waals surface area contributed by atoms with Crippen molar-refractivity contribution in [1.82, 2.24) is 30.4 Å². The van der Waals surface area contributed by atoms with Gasteiger partial charge in [0.2, 0.25) is 17.7 Å². The number of aliphatic carboxylic acids is 1. The molecular weight excluding hydrogens is 780 g/mol. The first-order valence-corrected chi connectivity index (χ1v) is 20.0. The average Bonchev–Trinajstić information content (AvgIpc) is 3.50. The van der Waals surface area contributed by atoms with Crippen molar-refractivity contribution in [3.8, 4) is 11.1 Å². The zero-order valence-corrected chi connectivity index (χ0v) is 32.7. The largest absolute Gasteiger partial charge is 0.480 e. The number of carbonyl (C=O) groups is 5. The fourth-order valence-electron chi connectivity index (χ4n) is 5.98. The molecule has 0 saturated carbocycles. The minimum atomic E-state index is -4.36. The predicted octanol–water partition coefficient (Wildman–Crippen LogP) is 3.11. The van der Waals surface area contributed by atoms with E-state index in [0.717, 1.165) is 24.2 Å². The number of sulfonamides is 1. The van der Waals surface area contributed by atoms with Crippen LogP contribution in [0.2, 0.25) is 5.15 Å². The molecule has 1 aromatic heterocycles. The van der Waals surface area contributed by atoms with Gasteiger partial charge >= 0.3 is 5.97 Å². The maximum atomic E-state index is 13.4. The van der Waals surface area contributed by atoms with Gasteiger partial charge in [0.1, 0.15) is 17.8 Å². The number of nitrogens with zero attached hydrogens (tertiary/aromatic N) is 2. The number of hydrogen-bond donors (Lipinski definition) is 7. The number of carbonyl (C=O) groups excluding carboxylic acids is 4. The number of amides is 4. The highest BCUT2D eigenvalue weighted by molar-refractivity contribution is 7.90. The Bertz CT molecular complexity index is 2150. The van der Waals surface area contributed by atoms with Gasteiger partial charge in [-0.05, 0) is 42.0 Å². The number of rotatable bonds is 21. The molecule has 1 unspecified atom stereocenters. The number of carboxylic acids is 1. The lowest BCUT2D eigenvalue weighted by Gasteiger charge is -2.19. The summed E-state index contributed by atoms with van der Waals surface area (Å²) in [6.07, 6.45) is 1.25. The molecule has 0 radical (unpaired) electrons. The van der Waals surface area contributed by atoms with Crippen molar-refractivity contribution in [2.75, 3.05) is 6.54 Å². The topological polar surface area (TPSA) is 246 Å². The van der Waals surface area contributed by atoms with E-state index in [0.29, 0.717) is 35.3 Å². The quantitative estimate of drug-likeness (QED) is 0.0366. The molecule has 57 heavy (non-hydrogen) atoms. The molecule has 0 saturated heterocycles. The first-order valence-electron chi connectivity index (χ1n) is 18.1. The van der Waals surface area contributed by atoms with Crippen LogP contribution in [-0.4, -0.2) is 75.6 Å². The van der Waals surface area contributed by atoms with E-state index in [-0.39, 0.29) is 36.0 Å². The van der Waals surface area contributed by atoms with Crippen molar-refractivity contribution in [1.29, 1.82) is 0 Å². The standard InChI is InChI=1S/C39H45ClN6O10S/c1-2-3-13-33-43-36(40)31(24-47)46(33)23-26-14-16-27(17-15-26)28-11-7-8-12-32(28)57(55,56)45-35(49)20-21-41-34(48)19-18-30(39(52)53)42-37(50)29(38(51)44-54)22-25-9-5-4-6-10-25/h4-12,14-17,29-30,47,54H,2-3,13,18-24H2,1H3,(H,41,48)(H,42,50)(H,44,51)(H,45,49)(H,52,53)/t29?,30-/m1/s1. The molecular formula is C39H45ClN6O10S. The highest BCUT2D eigenvalue weighted by Gasteiger charge is 2.31. The number of halogens is 1. The van der Waals surface area contributed by atoms with Crippen molar-refractivity contribution in [3.05, 3.63) is 107 Å². The van der Waals surface area contributed by atoms with Crippen LogP contribution < -0.4 is 20.8 Å². The summed E-state index contributed by atoms with van der Waals surface area (Å²) in [7, 11) is -4.36. The van der Waals surface area contributed by atoms with E-state index in [1.54, 1.807) is 54.6 Å². The van der Waals surface area contributed by atoms with Crippen LogP contribution in [0, 0.1) is 5.92 Å². The number of imidazole rings is 1. The number of aromatic nitrogens is 2. The molecule has 7 N–H and O–H groups in total. The minimum Gasteiger partial charge on any atom is -0.480 e. The van der Waals surface area contributed by atoms with Gasteiger partial charge in [-0.15, -0.1) is 0 Å². The van der Waals surface area contributed by atoms with Crippen LogP contribution in [0.1, 0.15) is 61.7 Å². The van der Waals surface area contributed by atoms with Crippen LogP contribution in [0.5, 0.6) is 0 Å². The SMILES string of the molecule is CCCCc1nc(Cl)c(CO)n1Cc1ccc(-c2ccccc2S(=O)(=O)NC(=O)CCNC(=O)CC[C@@H](NC(=O)C(Cc2ccccc2)C(=O)NO)C(=O)O)cc1. The first-order chi connectivity index (χ1) is 27.3. The number of unbranched alkanes of at least 4 members (excludes halogenated alkanes) is 1. The monoisotopic (exact) mass is 824 g/mol. The third-order valence-electron chi connectivity index (χ3n) is 9.01. The van der Waals surface area contributed by atoms with Gasteiger partial charge < -0.3 is 25.4 Å². The Morgan fingerprint density at radius 1 is 0.877 bits per heavy atom. The molecule has 4 amide bonds. The van der Waals surface area contributed by atoms with Crippen molar-refractivity contribution in [2.24, 2.45) is 5.92 Å². The summed E-state index contributed by atoms with van der Waals surface area (Å²) in [6, 6.07) is 20.1. The number of aliphatic hydroxyl groups excluding tert-OH is 1.